The third-order valence-corrected chi connectivity index (χ3v) is 12.6. The minimum absolute atomic E-state index is 0.000401. The highest BCUT2D eigenvalue weighted by Gasteiger charge is 2.36. The standard InChI is InChI=1S/C20H11Cl2F3N4O3S.C20H11Cl2F3N2O5S/c21-10-7-16(29-33(31,32)11-5-6-15(22)14(8-11)20(23,24)25)18(26-9-10)17-12-3-1-2-4-13(12)19(30)28-27-17;21-10-7-16(17(26-9-10)18(28)12-3-1-2-4-13(12)19(29)30)27-33(31,32)11-5-6-15(22)14(8-11)20(23,24)25/h1-9,29H,(H,28,30);1-9,27H,(H,29,30). The predicted molar refractivity (Wildman–Crippen MR) is 231 cm³/mol. The van der Waals surface area contributed by atoms with Crippen molar-refractivity contribution in [3.05, 3.63) is 168 Å². The molecule has 4 aromatic carbocycles. The molecule has 0 aliphatic heterocycles. The van der Waals surface area contributed by atoms with Crippen molar-refractivity contribution >= 4 is 100 Å². The van der Waals surface area contributed by atoms with Crippen LogP contribution in [0.4, 0.5) is 37.7 Å². The summed E-state index contributed by atoms with van der Waals surface area (Å²) in [7, 11) is -9.20. The van der Waals surface area contributed by atoms with Crippen molar-refractivity contribution in [1.29, 1.82) is 0 Å². The number of hydrogen-bond acceptors (Lipinski definition) is 10. The number of nitrogens with one attached hydrogen (secondary N) is 3. The number of carbonyl (C=O) groups excluding carboxylic acids is 1. The lowest BCUT2D eigenvalue weighted by Crippen LogP contribution is -2.19. The Hall–Kier alpha value is -6.30. The van der Waals surface area contributed by atoms with Gasteiger partial charge in [0.25, 0.3) is 25.6 Å². The number of alkyl halides is 6. The van der Waals surface area contributed by atoms with Crippen LogP contribution in [-0.2, 0) is 32.4 Å². The fraction of sp³-hybridized carbons (Fsp3) is 0.0500. The number of ketones is 1. The van der Waals surface area contributed by atoms with Crippen molar-refractivity contribution in [1.82, 2.24) is 20.2 Å². The number of sulfonamides is 2. The van der Waals surface area contributed by atoms with Gasteiger partial charge in [0.05, 0.1) is 63.3 Å². The Morgan fingerprint density at radius 1 is 0.606 bits per heavy atom. The van der Waals surface area contributed by atoms with E-state index < -0.39 is 92.1 Å². The van der Waals surface area contributed by atoms with E-state index in [2.05, 4.69) is 24.9 Å². The van der Waals surface area contributed by atoms with Crippen molar-refractivity contribution in [2.75, 3.05) is 9.44 Å². The van der Waals surface area contributed by atoms with Crippen LogP contribution in [0.5, 0.6) is 0 Å². The second kappa shape index (κ2) is 18.9. The second-order valence-corrected chi connectivity index (χ2v) is 18.3. The van der Waals surface area contributed by atoms with Gasteiger partial charge in [0, 0.05) is 23.3 Å². The smallest absolute Gasteiger partial charge is 0.417 e. The number of anilines is 2. The quantitative estimate of drug-likeness (QED) is 0.0746. The molecule has 0 saturated carbocycles. The van der Waals surface area contributed by atoms with Crippen LogP contribution in [0.1, 0.15) is 37.5 Å². The average molecular weight is 1030 g/mol. The summed E-state index contributed by atoms with van der Waals surface area (Å²) in [5, 5.41) is 14.9. The minimum Gasteiger partial charge on any atom is -0.478 e. The van der Waals surface area contributed by atoms with E-state index in [0.717, 1.165) is 36.5 Å². The lowest BCUT2D eigenvalue weighted by atomic mass is 10.0. The first kappa shape index (κ1) is 49.1. The summed E-state index contributed by atoms with van der Waals surface area (Å²) in [6.07, 6.45) is -7.51. The van der Waals surface area contributed by atoms with E-state index in [-0.39, 0.29) is 43.6 Å². The van der Waals surface area contributed by atoms with Gasteiger partial charge in [0.1, 0.15) is 17.1 Å². The number of carbonyl (C=O) groups is 2. The molecule has 3 aromatic heterocycles. The van der Waals surface area contributed by atoms with Crippen LogP contribution in [-0.4, -0.2) is 53.9 Å². The number of carboxylic acids is 1. The molecule has 0 aliphatic rings. The molecule has 0 radical (unpaired) electrons. The molecule has 0 unspecified atom stereocenters. The van der Waals surface area contributed by atoms with E-state index in [1.807, 2.05) is 4.72 Å². The van der Waals surface area contributed by atoms with Crippen molar-refractivity contribution in [2.24, 2.45) is 0 Å². The maximum Gasteiger partial charge on any atom is 0.417 e. The SMILES string of the molecule is O=C(O)c1ccccc1C(=O)c1ncc(Cl)cc1NS(=O)(=O)c1ccc(Cl)c(C(F)(F)F)c1.O=c1[nH]nc(-c2ncc(Cl)cc2NS(=O)(=O)c2ccc(Cl)c(C(F)(F)F)c2)c2ccccc12. The maximum absolute atomic E-state index is 13.2. The molecule has 14 nitrogen and oxygen atoms in total. The second-order valence-electron chi connectivity index (χ2n) is 13.2. The molecule has 0 saturated heterocycles. The summed E-state index contributed by atoms with van der Waals surface area (Å²) in [6.45, 7) is 0. The Balaban J connectivity index is 0.000000218. The fourth-order valence-electron chi connectivity index (χ4n) is 5.88. The third kappa shape index (κ3) is 10.9. The van der Waals surface area contributed by atoms with Crippen molar-refractivity contribution in [3.63, 3.8) is 0 Å². The fourth-order valence-corrected chi connectivity index (χ4v) is 8.81. The largest absolute Gasteiger partial charge is 0.478 e. The van der Waals surface area contributed by atoms with E-state index in [9.17, 15) is 62.7 Å². The topological polar surface area (TPSA) is 218 Å². The number of rotatable bonds is 10. The van der Waals surface area contributed by atoms with E-state index in [1.165, 1.54) is 36.5 Å². The van der Waals surface area contributed by atoms with Gasteiger partial charge in [-0.2, -0.15) is 31.4 Å². The molecule has 0 spiro atoms. The molecule has 0 aliphatic carbocycles. The molecule has 66 heavy (non-hydrogen) atoms. The number of aromatic carboxylic acids is 1. The minimum atomic E-state index is -4.91. The van der Waals surface area contributed by atoms with Crippen LogP contribution < -0.4 is 15.0 Å². The van der Waals surface area contributed by atoms with Crippen LogP contribution in [0.3, 0.4) is 0 Å². The zero-order valence-electron chi connectivity index (χ0n) is 32.1. The van der Waals surface area contributed by atoms with Gasteiger partial charge in [-0.3, -0.25) is 24.0 Å². The number of aromatic nitrogens is 4. The molecule has 26 heteroatoms. The molecule has 0 amide bonds. The number of halogens is 10. The number of hydrogen-bond donors (Lipinski definition) is 4. The number of fused-ring (bicyclic) bond motifs is 1. The van der Waals surface area contributed by atoms with Gasteiger partial charge in [-0.1, -0.05) is 82.8 Å². The summed E-state index contributed by atoms with van der Waals surface area (Å²) in [6, 6.07) is 18.0. The molecule has 342 valence electrons. The maximum atomic E-state index is 13.2. The molecule has 7 rings (SSSR count). The third-order valence-electron chi connectivity index (χ3n) is 8.84. The average Bonchev–Trinajstić information content (AvgIpc) is 3.23. The van der Waals surface area contributed by atoms with Gasteiger partial charge in [-0.25, -0.2) is 31.7 Å². The summed E-state index contributed by atoms with van der Waals surface area (Å²) < 4.78 is 135. The zero-order chi connectivity index (χ0) is 48.5. The first-order valence-corrected chi connectivity index (χ1v) is 22.2. The predicted octanol–water partition coefficient (Wildman–Crippen LogP) is 10.2. The number of benzene rings is 4. The molecule has 3 heterocycles. The molecule has 4 N–H and O–H groups in total. The molecular weight excluding hydrogens is 1010 g/mol. The first-order valence-electron chi connectivity index (χ1n) is 17.7. The van der Waals surface area contributed by atoms with Gasteiger partial charge in [-0.05, 0) is 60.7 Å². The van der Waals surface area contributed by atoms with Crippen molar-refractivity contribution in [2.45, 2.75) is 22.1 Å². The molecular formula is C40H22Cl4F6N6O8S2. The summed E-state index contributed by atoms with van der Waals surface area (Å²) >= 11 is 23.0. The number of carboxylic acid groups (broad SMARTS) is 1. The van der Waals surface area contributed by atoms with Gasteiger partial charge in [0.15, 0.2) is 0 Å². The van der Waals surface area contributed by atoms with E-state index in [4.69, 9.17) is 46.4 Å². The number of aromatic amines is 1. The highest BCUT2D eigenvalue weighted by Crippen LogP contribution is 2.39. The van der Waals surface area contributed by atoms with Gasteiger partial charge < -0.3 is 5.11 Å². The summed E-state index contributed by atoms with van der Waals surface area (Å²) in [5.74, 6) is -2.36. The summed E-state index contributed by atoms with van der Waals surface area (Å²) in [4.78, 5) is 43.0. The normalized spacial score (nSPS) is 12.0. The summed E-state index contributed by atoms with van der Waals surface area (Å²) in [5.41, 5.74) is -4.79. The lowest BCUT2D eigenvalue weighted by Gasteiger charge is -2.15. The molecule has 7 aromatic rings. The molecule has 0 atom stereocenters. The zero-order valence-corrected chi connectivity index (χ0v) is 36.8. The van der Waals surface area contributed by atoms with Crippen LogP contribution in [0.2, 0.25) is 20.1 Å². The highest BCUT2D eigenvalue weighted by molar-refractivity contribution is 7.93. The van der Waals surface area contributed by atoms with E-state index in [0.29, 0.717) is 17.5 Å². The van der Waals surface area contributed by atoms with E-state index in [1.54, 1.807) is 24.3 Å². The van der Waals surface area contributed by atoms with Crippen LogP contribution in [0, 0.1) is 0 Å². The van der Waals surface area contributed by atoms with Crippen LogP contribution in [0.25, 0.3) is 22.2 Å². The van der Waals surface area contributed by atoms with Crippen molar-refractivity contribution in [3.8, 4) is 11.4 Å². The van der Waals surface area contributed by atoms with E-state index >= 15 is 0 Å². The Bertz CT molecular complexity index is 3380. The Labute approximate surface area is 387 Å². The van der Waals surface area contributed by atoms with Crippen molar-refractivity contribution < 1.29 is 57.9 Å². The Morgan fingerprint density at radius 3 is 1.61 bits per heavy atom. The number of pyridine rings is 2. The Kier molecular flexibility index (Phi) is 14.1. The van der Waals surface area contributed by atoms with Gasteiger partial charge in [-0.15, -0.1) is 0 Å². The molecule has 0 fully saturated rings. The van der Waals surface area contributed by atoms with Gasteiger partial charge >= 0.3 is 18.3 Å². The number of nitrogens with zero attached hydrogens (tertiary/aromatic N) is 3. The van der Waals surface area contributed by atoms with Gasteiger partial charge in [0.2, 0.25) is 5.78 Å². The first-order chi connectivity index (χ1) is 30.8. The van der Waals surface area contributed by atoms with Crippen LogP contribution >= 0.6 is 46.4 Å². The monoisotopic (exact) mass is 1030 g/mol. The van der Waals surface area contributed by atoms with Crippen LogP contribution in [0.15, 0.2) is 124 Å². The molecule has 0 bridgehead atoms. The highest BCUT2D eigenvalue weighted by atomic mass is 35.5. The lowest BCUT2D eigenvalue weighted by molar-refractivity contribution is -0.138. The number of H-pyrrole nitrogens is 1. The Morgan fingerprint density at radius 2 is 1.08 bits per heavy atom.